The molecule has 3 aromatic carbocycles. The summed E-state index contributed by atoms with van der Waals surface area (Å²) in [5.41, 5.74) is 3.69. The molecule has 4 aromatic rings. The van der Waals surface area contributed by atoms with Gasteiger partial charge in [-0.05, 0) is 35.7 Å². The first-order valence-electron chi connectivity index (χ1n) is 9.51. The molecule has 0 aliphatic heterocycles. The molecule has 0 aliphatic rings. The summed E-state index contributed by atoms with van der Waals surface area (Å²) in [4.78, 5) is 29.3. The third-order valence-electron chi connectivity index (χ3n) is 4.94. The van der Waals surface area contributed by atoms with Crippen molar-refractivity contribution in [3.8, 4) is 11.1 Å². The van der Waals surface area contributed by atoms with Gasteiger partial charge in [0.15, 0.2) is 0 Å². The zero-order valence-electron chi connectivity index (χ0n) is 16.1. The first-order chi connectivity index (χ1) is 14.1. The van der Waals surface area contributed by atoms with Crippen LogP contribution >= 0.6 is 0 Å². The minimum Gasteiger partial charge on any atom is -0.348 e. The fourth-order valence-corrected chi connectivity index (χ4v) is 3.34. The Labute approximate surface area is 168 Å². The standard InChI is InChI=1S/C24H21N3O2/c1-17(18-11-13-20(14-12-18)19-7-3-2-4-8-19)26-23(28)15-27-16-25-22-10-6-5-9-21(22)24(27)29/h2-14,16-17H,15H2,1H3,(H,26,28)/t17-/m1/s1. The number of rotatable bonds is 5. The van der Waals surface area contributed by atoms with Crippen LogP contribution in [0.15, 0.2) is 90.0 Å². The summed E-state index contributed by atoms with van der Waals surface area (Å²) in [7, 11) is 0. The fourth-order valence-electron chi connectivity index (χ4n) is 3.34. The maximum absolute atomic E-state index is 12.5. The van der Waals surface area contributed by atoms with Crippen molar-refractivity contribution < 1.29 is 4.79 Å². The van der Waals surface area contributed by atoms with Crippen LogP contribution < -0.4 is 10.9 Å². The predicted octanol–water partition coefficient (Wildman–Crippen LogP) is 3.94. The Hall–Kier alpha value is -3.73. The van der Waals surface area contributed by atoms with E-state index >= 15 is 0 Å². The van der Waals surface area contributed by atoms with Gasteiger partial charge in [0, 0.05) is 0 Å². The molecule has 5 nitrogen and oxygen atoms in total. The van der Waals surface area contributed by atoms with Crippen LogP contribution in [0.3, 0.4) is 0 Å². The molecule has 0 aliphatic carbocycles. The van der Waals surface area contributed by atoms with Crippen molar-refractivity contribution in [2.24, 2.45) is 0 Å². The quantitative estimate of drug-likeness (QED) is 0.568. The number of hydrogen-bond donors (Lipinski definition) is 1. The van der Waals surface area contributed by atoms with Gasteiger partial charge in [0.1, 0.15) is 6.54 Å². The van der Waals surface area contributed by atoms with Crippen molar-refractivity contribution in [2.75, 3.05) is 0 Å². The SMILES string of the molecule is C[C@@H](NC(=O)Cn1cnc2ccccc2c1=O)c1ccc(-c2ccccc2)cc1. The van der Waals surface area contributed by atoms with Gasteiger partial charge in [-0.3, -0.25) is 14.2 Å². The van der Waals surface area contributed by atoms with E-state index in [2.05, 4.69) is 22.4 Å². The first-order valence-corrected chi connectivity index (χ1v) is 9.51. The molecule has 0 saturated carbocycles. The molecule has 0 radical (unpaired) electrons. The van der Waals surface area contributed by atoms with Gasteiger partial charge >= 0.3 is 0 Å². The molecule has 1 atom stereocenters. The summed E-state index contributed by atoms with van der Waals surface area (Å²) in [6.45, 7) is 1.86. The molecule has 4 rings (SSSR count). The largest absolute Gasteiger partial charge is 0.348 e. The van der Waals surface area contributed by atoms with E-state index in [1.807, 2.05) is 55.5 Å². The van der Waals surface area contributed by atoms with Gasteiger partial charge in [0.2, 0.25) is 5.91 Å². The van der Waals surface area contributed by atoms with Crippen LogP contribution in [-0.2, 0) is 11.3 Å². The average Bonchev–Trinajstić information content (AvgIpc) is 2.76. The van der Waals surface area contributed by atoms with Crippen molar-refractivity contribution in [3.05, 3.63) is 101 Å². The summed E-state index contributed by atoms with van der Waals surface area (Å²) in [5, 5.41) is 3.46. The monoisotopic (exact) mass is 383 g/mol. The van der Waals surface area contributed by atoms with Crippen molar-refractivity contribution >= 4 is 16.8 Å². The normalized spacial score (nSPS) is 11.9. The number of benzene rings is 3. The Morgan fingerprint density at radius 2 is 1.59 bits per heavy atom. The molecule has 1 N–H and O–H groups in total. The number of aromatic nitrogens is 2. The number of carbonyl (C=O) groups excluding carboxylic acids is 1. The number of para-hydroxylation sites is 1. The third-order valence-corrected chi connectivity index (χ3v) is 4.94. The second-order valence-corrected chi connectivity index (χ2v) is 6.97. The lowest BCUT2D eigenvalue weighted by molar-refractivity contribution is -0.122. The second kappa shape index (κ2) is 8.10. The Morgan fingerprint density at radius 3 is 2.34 bits per heavy atom. The van der Waals surface area contributed by atoms with Crippen LogP contribution in [0.2, 0.25) is 0 Å². The van der Waals surface area contributed by atoms with E-state index in [-0.39, 0.29) is 24.1 Å². The molecular formula is C24H21N3O2. The highest BCUT2D eigenvalue weighted by atomic mass is 16.2. The smallest absolute Gasteiger partial charge is 0.261 e. The van der Waals surface area contributed by atoms with Crippen LogP contribution in [0.25, 0.3) is 22.0 Å². The number of fused-ring (bicyclic) bond motifs is 1. The van der Waals surface area contributed by atoms with Gasteiger partial charge in [-0.1, -0.05) is 66.7 Å². The van der Waals surface area contributed by atoms with Crippen LogP contribution in [0.4, 0.5) is 0 Å². The van der Waals surface area contributed by atoms with E-state index in [1.54, 1.807) is 18.2 Å². The van der Waals surface area contributed by atoms with Gasteiger partial charge in [0.25, 0.3) is 5.56 Å². The van der Waals surface area contributed by atoms with Crippen LogP contribution in [0.1, 0.15) is 18.5 Å². The fraction of sp³-hybridized carbons (Fsp3) is 0.125. The zero-order valence-corrected chi connectivity index (χ0v) is 16.1. The highest BCUT2D eigenvalue weighted by Gasteiger charge is 2.12. The summed E-state index contributed by atoms with van der Waals surface area (Å²) >= 11 is 0. The molecule has 0 bridgehead atoms. The van der Waals surface area contributed by atoms with Gasteiger partial charge in [-0.2, -0.15) is 0 Å². The molecule has 1 amide bonds. The van der Waals surface area contributed by atoms with Crippen LogP contribution in [0.5, 0.6) is 0 Å². The molecule has 0 saturated heterocycles. The van der Waals surface area contributed by atoms with Gasteiger partial charge in [-0.15, -0.1) is 0 Å². The van der Waals surface area contributed by atoms with E-state index in [1.165, 1.54) is 10.9 Å². The first kappa shape index (κ1) is 18.6. The average molecular weight is 383 g/mol. The van der Waals surface area contributed by atoms with Crippen LogP contribution in [-0.4, -0.2) is 15.5 Å². The second-order valence-electron chi connectivity index (χ2n) is 6.97. The molecule has 1 aromatic heterocycles. The van der Waals surface area contributed by atoms with Crippen molar-refractivity contribution in [2.45, 2.75) is 19.5 Å². The Balaban J connectivity index is 1.45. The molecule has 1 heterocycles. The third kappa shape index (κ3) is 4.09. The topological polar surface area (TPSA) is 64.0 Å². The predicted molar refractivity (Wildman–Crippen MR) is 114 cm³/mol. The van der Waals surface area contributed by atoms with E-state index in [0.717, 1.165) is 16.7 Å². The number of amides is 1. The van der Waals surface area contributed by atoms with E-state index < -0.39 is 0 Å². The molecule has 144 valence electrons. The Morgan fingerprint density at radius 1 is 0.931 bits per heavy atom. The number of carbonyl (C=O) groups is 1. The van der Waals surface area contributed by atoms with Crippen LogP contribution in [0, 0.1) is 0 Å². The Bertz CT molecular complexity index is 1200. The number of nitrogens with one attached hydrogen (secondary N) is 1. The lowest BCUT2D eigenvalue weighted by atomic mass is 10.0. The van der Waals surface area contributed by atoms with E-state index in [0.29, 0.717) is 10.9 Å². The van der Waals surface area contributed by atoms with Crippen molar-refractivity contribution in [3.63, 3.8) is 0 Å². The lowest BCUT2D eigenvalue weighted by Crippen LogP contribution is -2.33. The molecular weight excluding hydrogens is 362 g/mol. The lowest BCUT2D eigenvalue weighted by Gasteiger charge is -2.15. The van der Waals surface area contributed by atoms with Crippen molar-refractivity contribution in [1.82, 2.24) is 14.9 Å². The summed E-state index contributed by atoms with van der Waals surface area (Å²) < 4.78 is 1.34. The minimum atomic E-state index is -0.233. The zero-order chi connectivity index (χ0) is 20.2. The number of nitrogens with zero attached hydrogens (tertiary/aromatic N) is 2. The van der Waals surface area contributed by atoms with E-state index in [9.17, 15) is 9.59 Å². The molecule has 0 unspecified atom stereocenters. The summed E-state index contributed by atoms with van der Waals surface area (Å²) in [5.74, 6) is -0.233. The van der Waals surface area contributed by atoms with E-state index in [4.69, 9.17) is 0 Å². The summed E-state index contributed by atoms with van der Waals surface area (Å²) in [6.07, 6.45) is 1.42. The van der Waals surface area contributed by atoms with Gasteiger partial charge in [-0.25, -0.2) is 4.98 Å². The van der Waals surface area contributed by atoms with Crippen molar-refractivity contribution in [1.29, 1.82) is 0 Å². The van der Waals surface area contributed by atoms with Gasteiger partial charge < -0.3 is 5.32 Å². The maximum atomic E-state index is 12.5. The number of hydrogen-bond acceptors (Lipinski definition) is 3. The highest BCUT2D eigenvalue weighted by Crippen LogP contribution is 2.21. The molecule has 29 heavy (non-hydrogen) atoms. The van der Waals surface area contributed by atoms with Gasteiger partial charge in [0.05, 0.1) is 23.3 Å². The summed E-state index contributed by atoms with van der Waals surface area (Å²) in [6, 6.07) is 25.2. The molecule has 5 heteroatoms. The highest BCUT2D eigenvalue weighted by molar-refractivity contribution is 5.79. The molecule has 0 fully saturated rings. The maximum Gasteiger partial charge on any atom is 0.261 e. The Kier molecular flexibility index (Phi) is 5.20. The molecule has 0 spiro atoms. The minimum absolute atomic E-state index is 0.0664.